The maximum atomic E-state index is 13.4. The summed E-state index contributed by atoms with van der Waals surface area (Å²) in [5, 5.41) is 5.67. The minimum Gasteiger partial charge on any atom is -0.444 e. The Kier molecular flexibility index (Phi) is 9.31. The molecule has 33 heavy (non-hydrogen) atoms. The van der Waals surface area contributed by atoms with Gasteiger partial charge in [0.25, 0.3) is 0 Å². The molecular weight excluding hydrogens is 594 g/mol. The zero-order valence-electron chi connectivity index (χ0n) is 20.0. The van der Waals surface area contributed by atoms with Crippen molar-refractivity contribution in [3.05, 3.63) is 18.6 Å². The van der Waals surface area contributed by atoms with Crippen LogP contribution < -0.4 is 10.6 Å². The first-order valence-corrected chi connectivity index (χ1v) is 11.6. The molecule has 2 heterocycles. The summed E-state index contributed by atoms with van der Waals surface area (Å²) in [5.41, 5.74) is -1.54. The van der Waals surface area contributed by atoms with Crippen LogP contribution in [0.5, 0.6) is 0 Å². The molecule has 8 nitrogen and oxygen atoms in total. The number of allylic oxidation sites excluding steroid dienone is 1. The molecule has 4 atom stereocenters. The molecule has 3 aliphatic rings. The molecule has 1 unspecified atom stereocenters. The van der Waals surface area contributed by atoms with Gasteiger partial charge >= 0.3 is 6.09 Å². The molecule has 2 aliphatic heterocycles. The molecule has 0 aromatic carbocycles. The van der Waals surface area contributed by atoms with E-state index in [0.29, 0.717) is 25.8 Å². The summed E-state index contributed by atoms with van der Waals surface area (Å²) in [6, 6.07) is -1.44. The third kappa shape index (κ3) is 6.90. The van der Waals surface area contributed by atoms with Crippen LogP contribution in [0.15, 0.2) is 12.2 Å². The number of amides is 3. The van der Waals surface area contributed by atoms with E-state index >= 15 is 0 Å². The fourth-order valence-electron chi connectivity index (χ4n) is 4.53. The van der Waals surface area contributed by atoms with Crippen LogP contribution in [-0.4, -0.2) is 58.4 Å². The largest absolute Gasteiger partial charge is 0.444 e. The van der Waals surface area contributed by atoms with E-state index in [1.807, 2.05) is 12.5 Å². The van der Waals surface area contributed by atoms with Gasteiger partial charge < -0.3 is 26.7 Å². The van der Waals surface area contributed by atoms with Crippen molar-refractivity contribution < 1.29 is 45.0 Å². The molecule has 9 heteroatoms. The normalized spacial score (nSPS) is 31.5. The van der Waals surface area contributed by atoms with Crippen LogP contribution >= 0.6 is 0 Å². The van der Waals surface area contributed by atoms with Gasteiger partial charge in [0.05, 0.1) is 6.04 Å². The Balaban J connectivity index is 0.00000385. The van der Waals surface area contributed by atoms with Crippen molar-refractivity contribution in [1.82, 2.24) is 15.5 Å². The van der Waals surface area contributed by atoms with Gasteiger partial charge in [-0.1, -0.05) is 25.0 Å². The van der Waals surface area contributed by atoms with Crippen LogP contribution in [-0.2, 0) is 40.2 Å². The van der Waals surface area contributed by atoms with Crippen LogP contribution in [0.3, 0.4) is 0 Å². The van der Waals surface area contributed by atoms with E-state index in [1.54, 1.807) is 20.8 Å². The Hall–Kier alpha value is -1.69. The molecule has 2 fully saturated rings. The number of ether oxygens (including phenoxy) is 1. The smallest absolute Gasteiger partial charge is 0.408 e. The molecule has 0 bridgehead atoms. The SMILES string of the molecule is CC(=O)[C@@]12CC1/C=C\CCCCC[C@H](NC(=O)OC(C)(C)C)C(=O)N1C[CH-]C[C@H]1C(=O)N2.[W]. The second-order valence-corrected chi connectivity index (χ2v) is 10.1. The van der Waals surface area contributed by atoms with Gasteiger partial charge in [0, 0.05) is 27.0 Å². The fourth-order valence-corrected chi connectivity index (χ4v) is 4.53. The predicted octanol–water partition coefficient (Wildman–Crippen LogP) is 2.67. The Bertz CT molecular complexity index is 793. The van der Waals surface area contributed by atoms with Gasteiger partial charge in [-0.15, -0.1) is 13.0 Å². The number of carbonyl (C=O) groups excluding carboxylic acids is 4. The number of alkyl carbamates (subject to hydrolysis) is 1. The summed E-state index contributed by atoms with van der Waals surface area (Å²) < 4.78 is 5.35. The third-order valence-corrected chi connectivity index (χ3v) is 6.39. The van der Waals surface area contributed by atoms with E-state index in [2.05, 4.69) is 16.7 Å². The minimum atomic E-state index is -0.862. The van der Waals surface area contributed by atoms with Crippen molar-refractivity contribution in [3.8, 4) is 0 Å². The number of Topliss-reactive ketones (excluding diaryl/α,β-unsaturated/α-hetero) is 1. The summed E-state index contributed by atoms with van der Waals surface area (Å²) in [4.78, 5) is 52.8. The second kappa shape index (κ2) is 11.2. The van der Waals surface area contributed by atoms with Crippen molar-refractivity contribution in [2.24, 2.45) is 5.92 Å². The van der Waals surface area contributed by atoms with E-state index in [9.17, 15) is 19.2 Å². The van der Waals surface area contributed by atoms with Gasteiger partial charge in [0.2, 0.25) is 11.8 Å². The van der Waals surface area contributed by atoms with Crippen LogP contribution in [0.25, 0.3) is 0 Å². The zero-order chi connectivity index (χ0) is 23.5. The van der Waals surface area contributed by atoms with E-state index in [4.69, 9.17) is 4.74 Å². The molecule has 1 saturated heterocycles. The van der Waals surface area contributed by atoms with Crippen LogP contribution in [0.2, 0.25) is 0 Å². The second-order valence-electron chi connectivity index (χ2n) is 10.1. The number of hydrogen-bond donors (Lipinski definition) is 2. The topological polar surface area (TPSA) is 105 Å². The number of nitrogens with zero attached hydrogens (tertiary/aromatic N) is 1. The van der Waals surface area contributed by atoms with E-state index < -0.39 is 29.3 Å². The molecule has 3 amide bonds. The Morgan fingerprint density at radius 3 is 2.64 bits per heavy atom. The van der Waals surface area contributed by atoms with Crippen LogP contribution in [0.1, 0.15) is 72.6 Å². The van der Waals surface area contributed by atoms with Gasteiger partial charge in [0.15, 0.2) is 5.78 Å². The average Bonchev–Trinajstić information content (AvgIpc) is 3.16. The summed E-state index contributed by atoms with van der Waals surface area (Å²) in [7, 11) is 0. The Morgan fingerprint density at radius 1 is 1.24 bits per heavy atom. The van der Waals surface area contributed by atoms with Crippen molar-refractivity contribution in [2.45, 2.75) is 95.9 Å². The van der Waals surface area contributed by atoms with Crippen LogP contribution in [0.4, 0.5) is 4.79 Å². The molecule has 1 aliphatic carbocycles. The number of carbonyl (C=O) groups is 4. The van der Waals surface area contributed by atoms with Gasteiger partial charge in [-0.05, 0) is 53.4 Å². The molecule has 3 rings (SSSR count). The number of rotatable bonds is 2. The molecule has 1 saturated carbocycles. The van der Waals surface area contributed by atoms with Gasteiger partial charge in [-0.2, -0.15) is 0 Å². The number of hydrogen-bond acceptors (Lipinski definition) is 5. The molecule has 2 N–H and O–H groups in total. The minimum absolute atomic E-state index is 0. The first-order chi connectivity index (χ1) is 15.0. The zero-order valence-corrected chi connectivity index (χ0v) is 23.0. The van der Waals surface area contributed by atoms with E-state index in [1.165, 1.54) is 11.8 Å². The number of fused-ring (bicyclic) bond motifs is 2. The van der Waals surface area contributed by atoms with Gasteiger partial charge in [-0.3, -0.25) is 14.4 Å². The number of ketones is 1. The molecule has 0 aromatic heterocycles. The Morgan fingerprint density at radius 2 is 1.97 bits per heavy atom. The van der Waals surface area contributed by atoms with Crippen molar-refractivity contribution in [3.63, 3.8) is 0 Å². The predicted molar refractivity (Wildman–Crippen MR) is 119 cm³/mol. The molecular formula is C24H36N3O5W-. The summed E-state index contributed by atoms with van der Waals surface area (Å²) >= 11 is 0. The number of nitrogens with one attached hydrogen (secondary N) is 2. The molecule has 0 radical (unpaired) electrons. The summed E-state index contributed by atoms with van der Waals surface area (Å²) in [6.07, 6.45) is 10.4. The average molecular weight is 630 g/mol. The summed E-state index contributed by atoms with van der Waals surface area (Å²) in [5.74, 6) is -0.662. The van der Waals surface area contributed by atoms with Gasteiger partial charge in [0.1, 0.15) is 17.2 Å². The van der Waals surface area contributed by atoms with Crippen molar-refractivity contribution >= 4 is 23.7 Å². The molecule has 0 aromatic rings. The van der Waals surface area contributed by atoms with Gasteiger partial charge in [-0.25, -0.2) is 4.79 Å². The molecule has 0 spiro atoms. The summed E-state index contributed by atoms with van der Waals surface area (Å²) in [6.45, 7) is 7.14. The van der Waals surface area contributed by atoms with Crippen molar-refractivity contribution in [2.75, 3.05) is 6.54 Å². The molecule has 184 valence electrons. The standard InChI is InChI=1S/C24H36N3O5.W/c1-16(28)24-15-17(24)11-8-6-5-7-9-12-18(25-22(31)32-23(2,3)4)21(30)27-14-10-13-19(27)20(29)26-24;/h8,10-11,17-19H,5-7,9,12-15H2,1-4H3,(H,25,31)(H,26,29);/q-1;/b11-8-;/t17?,18-,19-,24-;/m0./s1. The fraction of sp³-hybridized carbons (Fsp3) is 0.708. The monoisotopic (exact) mass is 630 g/mol. The van der Waals surface area contributed by atoms with Crippen molar-refractivity contribution in [1.29, 1.82) is 0 Å². The Labute approximate surface area is 210 Å². The maximum Gasteiger partial charge on any atom is 0.408 e. The third-order valence-electron chi connectivity index (χ3n) is 6.39. The first-order valence-electron chi connectivity index (χ1n) is 11.6. The quantitative estimate of drug-likeness (QED) is 0.361. The van der Waals surface area contributed by atoms with E-state index in [0.717, 1.165) is 25.7 Å². The van der Waals surface area contributed by atoms with E-state index in [-0.39, 0.29) is 44.6 Å². The first kappa shape index (κ1) is 27.6. The maximum absolute atomic E-state index is 13.4. The van der Waals surface area contributed by atoms with Crippen LogP contribution in [0, 0.1) is 12.3 Å².